The number of para-hydroxylation sites is 2. The summed E-state index contributed by atoms with van der Waals surface area (Å²) in [6, 6.07) is 12.4. The molecule has 0 spiro atoms. The summed E-state index contributed by atoms with van der Waals surface area (Å²) in [4.78, 5) is 29.6. The normalized spacial score (nSPS) is 15.4. The molecule has 0 atom stereocenters. The number of amides is 1. The minimum absolute atomic E-state index is 0.0261. The van der Waals surface area contributed by atoms with E-state index in [-0.39, 0.29) is 29.9 Å². The summed E-state index contributed by atoms with van der Waals surface area (Å²) in [5.41, 5.74) is 2.42. The number of carbonyl (C=O) groups is 1. The van der Waals surface area contributed by atoms with Crippen molar-refractivity contribution in [3.8, 4) is 0 Å². The zero-order valence-electron chi connectivity index (χ0n) is 14.6. The number of hydrogen-bond donors (Lipinski definition) is 1. The molecule has 0 unspecified atom stereocenters. The summed E-state index contributed by atoms with van der Waals surface area (Å²) in [5.74, 6) is -0.311. The highest BCUT2D eigenvalue weighted by Crippen LogP contribution is 2.25. The van der Waals surface area contributed by atoms with Crippen LogP contribution in [0.5, 0.6) is 0 Å². The number of nitrogens with one attached hydrogen (secondary N) is 1. The van der Waals surface area contributed by atoms with Crippen LogP contribution >= 0.6 is 15.9 Å². The highest BCUT2D eigenvalue weighted by atomic mass is 79.9. The van der Waals surface area contributed by atoms with Gasteiger partial charge < -0.3 is 9.88 Å². The van der Waals surface area contributed by atoms with E-state index in [4.69, 9.17) is 0 Å². The quantitative estimate of drug-likeness (QED) is 0.687. The molecule has 27 heavy (non-hydrogen) atoms. The third kappa shape index (κ3) is 3.56. The van der Waals surface area contributed by atoms with Crippen LogP contribution in [0, 0.1) is 5.82 Å². The number of hydrogen-bond acceptors (Lipinski definition) is 2. The number of carbonyl (C=O) groups excluding carboxylic acids is 1. The molecule has 1 aliphatic rings. The molecule has 5 nitrogen and oxygen atoms in total. The smallest absolute Gasteiger partial charge is 0.326 e. The molecule has 0 aliphatic carbocycles. The van der Waals surface area contributed by atoms with Crippen LogP contribution in [0.1, 0.15) is 24.4 Å². The molecule has 3 aromatic rings. The minimum atomic E-state index is -0.337. The lowest BCUT2D eigenvalue weighted by Gasteiger charge is -2.32. The van der Waals surface area contributed by atoms with E-state index >= 15 is 0 Å². The van der Waals surface area contributed by atoms with Crippen LogP contribution in [0.25, 0.3) is 11.0 Å². The van der Waals surface area contributed by atoms with Crippen molar-refractivity contribution >= 4 is 32.9 Å². The fourth-order valence-electron chi connectivity index (χ4n) is 3.75. The summed E-state index contributed by atoms with van der Waals surface area (Å²) in [6.45, 7) is 1.22. The molecule has 4 rings (SSSR count). The first kappa shape index (κ1) is 18.0. The highest BCUT2D eigenvalue weighted by Gasteiger charge is 2.26. The Kier molecular flexibility index (Phi) is 4.86. The van der Waals surface area contributed by atoms with Crippen LogP contribution in [0.2, 0.25) is 0 Å². The predicted octanol–water partition coefficient (Wildman–Crippen LogP) is 3.64. The second kappa shape index (κ2) is 7.31. The van der Waals surface area contributed by atoms with Gasteiger partial charge in [0.1, 0.15) is 5.82 Å². The minimum Gasteiger partial charge on any atom is -0.342 e. The molecule has 1 N–H and O–H groups in total. The summed E-state index contributed by atoms with van der Waals surface area (Å²) in [7, 11) is 0. The Morgan fingerprint density at radius 3 is 2.67 bits per heavy atom. The molecular weight excluding hydrogens is 413 g/mol. The van der Waals surface area contributed by atoms with Crippen molar-refractivity contribution in [1.82, 2.24) is 14.5 Å². The Morgan fingerprint density at radius 1 is 1.19 bits per heavy atom. The maximum Gasteiger partial charge on any atom is 0.326 e. The van der Waals surface area contributed by atoms with E-state index in [0.29, 0.717) is 17.6 Å². The average Bonchev–Trinajstić information content (AvgIpc) is 3.00. The van der Waals surface area contributed by atoms with Crippen LogP contribution in [0.3, 0.4) is 0 Å². The fourth-order valence-corrected chi connectivity index (χ4v) is 4.17. The van der Waals surface area contributed by atoms with Crippen molar-refractivity contribution in [2.75, 3.05) is 13.1 Å². The Labute approximate surface area is 163 Å². The molecule has 140 valence electrons. The third-order valence-electron chi connectivity index (χ3n) is 5.15. The van der Waals surface area contributed by atoms with E-state index in [0.717, 1.165) is 29.4 Å². The van der Waals surface area contributed by atoms with Crippen LogP contribution in [0.4, 0.5) is 4.39 Å². The molecule has 0 radical (unpaired) electrons. The number of rotatable bonds is 3. The van der Waals surface area contributed by atoms with Gasteiger partial charge in [-0.05, 0) is 58.6 Å². The molecule has 1 fully saturated rings. The van der Waals surface area contributed by atoms with Crippen molar-refractivity contribution in [2.24, 2.45) is 0 Å². The summed E-state index contributed by atoms with van der Waals surface area (Å²) < 4.78 is 15.5. The molecule has 2 heterocycles. The number of fused-ring (bicyclic) bond motifs is 1. The van der Waals surface area contributed by atoms with Gasteiger partial charge in [-0.1, -0.05) is 18.2 Å². The van der Waals surface area contributed by atoms with Crippen LogP contribution in [0.15, 0.2) is 51.7 Å². The SMILES string of the molecule is O=C(Cc1ccc(F)c(Br)c1)N1CCC(n2c(=O)[nH]c3ccccc32)CC1. The van der Waals surface area contributed by atoms with Crippen molar-refractivity contribution in [1.29, 1.82) is 0 Å². The maximum atomic E-state index is 13.3. The number of H-pyrrole nitrogens is 1. The second-order valence-electron chi connectivity index (χ2n) is 6.85. The second-order valence-corrected chi connectivity index (χ2v) is 7.71. The van der Waals surface area contributed by atoms with Crippen LogP contribution in [-0.2, 0) is 11.2 Å². The number of nitrogens with zero attached hydrogens (tertiary/aromatic N) is 2. The lowest BCUT2D eigenvalue weighted by atomic mass is 10.0. The summed E-state index contributed by atoms with van der Waals surface area (Å²) in [5, 5.41) is 0. The zero-order valence-corrected chi connectivity index (χ0v) is 16.2. The van der Waals surface area contributed by atoms with Gasteiger partial charge in [-0.25, -0.2) is 9.18 Å². The molecular formula is C20H19BrFN3O2. The first-order valence-corrected chi connectivity index (χ1v) is 9.73. The zero-order chi connectivity index (χ0) is 19.0. The Hall–Kier alpha value is -2.41. The Morgan fingerprint density at radius 2 is 1.93 bits per heavy atom. The molecule has 1 aliphatic heterocycles. The fraction of sp³-hybridized carbons (Fsp3) is 0.300. The summed E-state index contributed by atoms with van der Waals surface area (Å²) in [6.07, 6.45) is 1.72. The molecule has 7 heteroatoms. The molecule has 1 amide bonds. The molecule has 1 saturated heterocycles. The van der Waals surface area contributed by atoms with E-state index in [2.05, 4.69) is 20.9 Å². The van der Waals surface area contributed by atoms with E-state index in [1.165, 1.54) is 6.07 Å². The first-order valence-electron chi connectivity index (χ1n) is 8.94. The largest absolute Gasteiger partial charge is 0.342 e. The summed E-state index contributed by atoms with van der Waals surface area (Å²) >= 11 is 3.15. The lowest BCUT2D eigenvalue weighted by molar-refractivity contribution is -0.131. The topological polar surface area (TPSA) is 58.1 Å². The van der Waals surface area contributed by atoms with E-state index < -0.39 is 0 Å². The number of aromatic amines is 1. The molecule has 0 bridgehead atoms. The van der Waals surface area contributed by atoms with Crippen molar-refractivity contribution in [3.05, 3.63) is 68.8 Å². The van der Waals surface area contributed by atoms with Crippen LogP contribution < -0.4 is 5.69 Å². The van der Waals surface area contributed by atoms with Crippen molar-refractivity contribution in [3.63, 3.8) is 0 Å². The van der Waals surface area contributed by atoms with Gasteiger partial charge >= 0.3 is 5.69 Å². The Bertz CT molecular complexity index is 1050. The van der Waals surface area contributed by atoms with E-state index in [9.17, 15) is 14.0 Å². The van der Waals surface area contributed by atoms with Gasteiger partial charge in [0.25, 0.3) is 0 Å². The average molecular weight is 432 g/mol. The van der Waals surface area contributed by atoms with Crippen molar-refractivity contribution < 1.29 is 9.18 Å². The number of benzene rings is 2. The highest BCUT2D eigenvalue weighted by molar-refractivity contribution is 9.10. The standard InChI is InChI=1S/C20H19BrFN3O2/c21-15-11-13(5-6-16(15)22)12-19(26)24-9-7-14(8-10-24)25-18-4-2-1-3-17(18)23-20(25)27/h1-6,11,14H,7-10,12H2,(H,23,27). The lowest BCUT2D eigenvalue weighted by Crippen LogP contribution is -2.41. The van der Waals surface area contributed by atoms with E-state index in [1.807, 2.05) is 33.7 Å². The van der Waals surface area contributed by atoms with E-state index in [1.54, 1.807) is 12.1 Å². The molecule has 1 aromatic heterocycles. The molecule has 0 saturated carbocycles. The molecule has 2 aromatic carbocycles. The number of imidazole rings is 1. The third-order valence-corrected chi connectivity index (χ3v) is 5.75. The van der Waals surface area contributed by atoms with Gasteiger partial charge in [0.2, 0.25) is 5.91 Å². The van der Waals surface area contributed by atoms with Gasteiger partial charge in [0.05, 0.1) is 21.9 Å². The maximum absolute atomic E-state index is 13.3. The van der Waals surface area contributed by atoms with Crippen LogP contribution in [-0.4, -0.2) is 33.4 Å². The van der Waals surface area contributed by atoms with Gasteiger partial charge in [0.15, 0.2) is 0 Å². The number of piperidine rings is 1. The predicted molar refractivity (Wildman–Crippen MR) is 105 cm³/mol. The Balaban J connectivity index is 1.44. The first-order chi connectivity index (χ1) is 13.0. The van der Waals surface area contributed by atoms with Gasteiger partial charge in [-0.2, -0.15) is 0 Å². The van der Waals surface area contributed by atoms with Gasteiger partial charge in [-0.15, -0.1) is 0 Å². The van der Waals surface area contributed by atoms with Crippen molar-refractivity contribution in [2.45, 2.75) is 25.3 Å². The monoisotopic (exact) mass is 431 g/mol. The van der Waals surface area contributed by atoms with Gasteiger partial charge in [-0.3, -0.25) is 9.36 Å². The number of aromatic nitrogens is 2. The number of likely N-dealkylation sites (tertiary alicyclic amines) is 1. The van der Waals surface area contributed by atoms with Gasteiger partial charge in [0, 0.05) is 19.1 Å². The number of halogens is 2.